The van der Waals surface area contributed by atoms with Crippen LogP contribution in [0.3, 0.4) is 0 Å². The molecule has 0 bridgehead atoms. The number of aliphatic hydroxyl groups is 1. The van der Waals surface area contributed by atoms with Gasteiger partial charge < -0.3 is 0 Å². The third kappa shape index (κ3) is 3.65. The van der Waals surface area contributed by atoms with Gasteiger partial charge in [0.15, 0.2) is 0 Å². The van der Waals surface area contributed by atoms with E-state index in [0.717, 1.165) is 0 Å². The second kappa shape index (κ2) is 5.21. The van der Waals surface area contributed by atoms with Gasteiger partial charge >= 0.3 is 100 Å². The number of aliphatic hydroxyl groups excluding tert-OH is 1. The average Bonchev–Trinajstić information content (AvgIpc) is 2.28. The molecule has 1 aliphatic heterocycles. The van der Waals surface area contributed by atoms with Crippen LogP contribution < -0.4 is 42.4 Å². The molecule has 0 aromatic rings. The Morgan fingerprint density at radius 1 is 1.71 bits per heavy atom. The number of alkyl halides is 2. The van der Waals surface area contributed by atoms with Crippen molar-refractivity contribution in [2.24, 2.45) is 0 Å². The van der Waals surface area contributed by atoms with Gasteiger partial charge in [-0.1, -0.05) is 0 Å². The maximum absolute atomic E-state index is 11.0. The second-order valence-electron chi connectivity index (χ2n) is 2.13. The van der Waals surface area contributed by atoms with Crippen LogP contribution >= 0.6 is 0 Å². The summed E-state index contributed by atoms with van der Waals surface area (Å²) < 4.78 is 7.13. The Labute approximate surface area is 99.8 Å². The Kier molecular flexibility index (Phi) is 4.50. The molecule has 1 aliphatic rings. The molecule has 0 aromatic heterocycles. The Hall–Kier alpha value is 0.0300. The summed E-state index contributed by atoms with van der Waals surface area (Å²) in [5, 5.41) is 8.72. The van der Waals surface area contributed by atoms with Crippen LogP contribution in [0.15, 0.2) is 0 Å². The molecule has 1 N–H and O–H groups in total. The van der Waals surface area contributed by atoms with Crippen molar-refractivity contribution < 1.29 is 71.4 Å². The minimum absolute atomic E-state index is 0.497. The van der Waals surface area contributed by atoms with Crippen molar-refractivity contribution in [2.45, 2.75) is 15.1 Å². The van der Waals surface area contributed by atoms with E-state index in [4.69, 9.17) is 5.11 Å². The van der Waals surface area contributed by atoms with Crippen molar-refractivity contribution in [3.05, 3.63) is 0 Å². The van der Waals surface area contributed by atoms with Crippen molar-refractivity contribution in [1.29, 1.82) is 0 Å². The number of carbonyl (C=O) groups is 3. The number of hydrogen-bond acceptors (Lipinski definition) is 6. The van der Waals surface area contributed by atoms with Crippen molar-refractivity contribution in [3.8, 4) is 0 Å². The molecule has 0 saturated carbocycles. The number of halogens is 2. The Balaban J connectivity index is 2.41. The fourth-order valence-electron chi connectivity index (χ4n) is 0.572. The Morgan fingerprint density at radius 3 is 2.79 bits per heavy atom. The van der Waals surface area contributed by atoms with Crippen LogP contribution in [0, 0.1) is 0 Å². The normalized spacial score (nSPS) is 24.0. The van der Waals surface area contributed by atoms with Crippen molar-refractivity contribution >= 4 is 13.9 Å². The molecule has 6 nitrogen and oxygen atoms in total. The monoisotopic (exact) mass is 428 g/mol. The van der Waals surface area contributed by atoms with E-state index >= 15 is 0 Å². The zero-order valence-electron chi connectivity index (χ0n) is 6.90. The van der Waals surface area contributed by atoms with E-state index < -0.39 is 64.6 Å². The van der Waals surface area contributed by atoms with Gasteiger partial charge in [-0.3, -0.25) is 0 Å². The number of hydrogen-bond donors (Lipinski definition) is 1. The zero-order valence-corrected chi connectivity index (χ0v) is 11.2. The van der Waals surface area contributed by atoms with Gasteiger partial charge in [-0.05, 0) is 0 Å². The fraction of sp³-hybridized carbons (Fsp3) is 0.500. The van der Waals surface area contributed by atoms with E-state index in [-0.39, 0.29) is 0 Å². The van der Waals surface area contributed by atoms with Gasteiger partial charge in [0.2, 0.25) is 0 Å². The molecular formula is C6H6I2O6-2. The van der Waals surface area contributed by atoms with Gasteiger partial charge in [-0.25, -0.2) is 0 Å². The summed E-state index contributed by atoms with van der Waals surface area (Å²) in [6, 6.07) is 0. The second-order valence-corrected chi connectivity index (χ2v) is 10.0. The predicted octanol–water partition coefficient (Wildman–Crippen LogP) is -6.36. The molecule has 8 heteroatoms. The molecule has 0 radical (unpaired) electrons. The molecule has 0 amide bonds. The number of rotatable bonds is 3. The van der Waals surface area contributed by atoms with Crippen LogP contribution in [0.1, 0.15) is 6.92 Å². The number of esters is 1. The molecule has 1 fully saturated rings. The third-order valence-electron chi connectivity index (χ3n) is 0.992. The quantitative estimate of drug-likeness (QED) is 0.120. The molecule has 82 valence electrons. The van der Waals surface area contributed by atoms with Gasteiger partial charge in [-0.15, -0.1) is 0 Å². The van der Waals surface area contributed by atoms with E-state index in [0.29, 0.717) is 0 Å². The molecule has 0 aliphatic carbocycles. The van der Waals surface area contributed by atoms with Gasteiger partial charge in [0.1, 0.15) is 0 Å². The topological polar surface area (TPSA) is 89.9 Å². The first kappa shape index (κ1) is 12.1. The molecule has 2 unspecified atom stereocenters. The van der Waals surface area contributed by atoms with Gasteiger partial charge in [-0.2, -0.15) is 0 Å². The fourth-order valence-corrected chi connectivity index (χ4v) is 6.57. The van der Waals surface area contributed by atoms with Crippen LogP contribution in [-0.4, -0.2) is 27.2 Å². The number of ether oxygens (including phenoxy) is 2. The van der Waals surface area contributed by atoms with Crippen LogP contribution in [0.5, 0.6) is 0 Å². The summed E-state index contributed by atoms with van der Waals surface area (Å²) in [5.74, 6) is -0.613. The van der Waals surface area contributed by atoms with Crippen LogP contribution in [0.4, 0.5) is 9.59 Å². The third-order valence-corrected chi connectivity index (χ3v) is 7.75. The van der Waals surface area contributed by atoms with E-state index in [1.807, 2.05) is 0 Å². The van der Waals surface area contributed by atoms with Crippen LogP contribution in [0.25, 0.3) is 0 Å². The molecule has 0 spiro atoms. The average molecular weight is 428 g/mol. The first-order valence-electron chi connectivity index (χ1n) is 3.40. The standard InChI is InChI=1S/C6H6I2O6/c1-2(9)13-5(11)7-3-4(10)14-6(12)8-3/h2-3,9H,1H3/q-2. The van der Waals surface area contributed by atoms with E-state index in [1.165, 1.54) is 6.92 Å². The molecule has 1 rings (SSSR count). The summed E-state index contributed by atoms with van der Waals surface area (Å²) in [6.07, 6.45) is -1.17. The number of carbonyl (C=O) groups excluding carboxylic acids is 3. The summed E-state index contributed by atoms with van der Waals surface area (Å²) in [4.78, 5) is 32.7. The van der Waals surface area contributed by atoms with E-state index in [9.17, 15) is 14.4 Å². The molecule has 2 atom stereocenters. The summed E-state index contributed by atoms with van der Waals surface area (Å²) in [5.41, 5.74) is 0. The predicted molar refractivity (Wildman–Crippen MR) is 33.4 cm³/mol. The molecule has 14 heavy (non-hydrogen) atoms. The number of cyclic esters (lactones) is 2. The van der Waals surface area contributed by atoms with E-state index in [1.54, 1.807) is 0 Å². The summed E-state index contributed by atoms with van der Waals surface area (Å²) in [7, 11) is 0. The molecular weight excluding hydrogens is 422 g/mol. The van der Waals surface area contributed by atoms with Crippen LogP contribution in [0.2, 0.25) is 0 Å². The first-order chi connectivity index (χ1) is 6.49. The molecule has 1 saturated heterocycles. The maximum atomic E-state index is 11.0. The van der Waals surface area contributed by atoms with Gasteiger partial charge in [0.05, 0.1) is 0 Å². The van der Waals surface area contributed by atoms with Gasteiger partial charge in [0.25, 0.3) is 0 Å². The van der Waals surface area contributed by atoms with Gasteiger partial charge in [0, 0.05) is 0 Å². The SMILES string of the molecule is CC(O)OC(=O)[I-]C1[I-]C(=O)OC1=O. The van der Waals surface area contributed by atoms with Crippen molar-refractivity contribution in [2.75, 3.05) is 0 Å². The summed E-state index contributed by atoms with van der Waals surface area (Å²) in [6.45, 7) is 1.30. The molecule has 1 heterocycles. The Morgan fingerprint density at radius 2 is 2.36 bits per heavy atom. The van der Waals surface area contributed by atoms with E-state index in [2.05, 4.69) is 9.47 Å². The van der Waals surface area contributed by atoms with Crippen molar-refractivity contribution in [3.63, 3.8) is 0 Å². The summed E-state index contributed by atoms with van der Waals surface area (Å²) >= 11 is -2.24. The Bertz CT molecular complexity index is 275. The zero-order chi connectivity index (χ0) is 10.7. The van der Waals surface area contributed by atoms with Crippen molar-refractivity contribution in [1.82, 2.24) is 0 Å². The molecule has 0 aromatic carbocycles. The first-order valence-corrected chi connectivity index (χ1v) is 8.05. The minimum atomic E-state index is -1.21. The van der Waals surface area contributed by atoms with Crippen LogP contribution in [-0.2, 0) is 14.3 Å².